The third kappa shape index (κ3) is 6.62. The van der Waals surface area contributed by atoms with Crippen molar-refractivity contribution in [2.75, 3.05) is 18.9 Å². The van der Waals surface area contributed by atoms with Crippen LogP contribution in [-0.2, 0) is 24.0 Å². The number of amides is 2. The number of anilines is 1. The Morgan fingerprint density at radius 3 is 2.43 bits per heavy atom. The van der Waals surface area contributed by atoms with Gasteiger partial charge in [-0.05, 0) is 23.5 Å². The molecule has 1 unspecified atom stereocenters. The number of oxime groups is 1. The molecule has 11 nitrogen and oxygen atoms in total. The van der Waals surface area contributed by atoms with Crippen LogP contribution in [0.25, 0.3) is 0 Å². The average Bonchev–Trinajstić information content (AvgIpc) is 3.48. The molecule has 0 bridgehead atoms. The summed E-state index contributed by atoms with van der Waals surface area (Å²) >= 11 is 2.38. The van der Waals surface area contributed by atoms with Gasteiger partial charge in [-0.2, -0.15) is 0 Å². The molecule has 2 aliphatic rings. The number of thiazole rings is 1. The monoisotopic (exact) mass is 631 g/mol. The van der Waals surface area contributed by atoms with Gasteiger partial charge in [-0.1, -0.05) is 77.7 Å². The number of nitrogens with one attached hydrogen (secondary N) is 1. The van der Waals surface area contributed by atoms with Crippen LogP contribution in [0.5, 0.6) is 0 Å². The number of thioether (sulfide) groups is 1. The number of benzene rings is 2. The van der Waals surface area contributed by atoms with E-state index in [9.17, 15) is 19.5 Å². The summed E-state index contributed by atoms with van der Waals surface area (Å²) in [4.78, 5) is 51.4. The van der Waals surface area contributed by atoms with Gasteiger partial charge >= 0.3 is 5.97 Å². The SMILES string of the molecule is CCO/N=C(\C(=O)N[C@@H]1C(=O)N2C(C(=O)OC(c3ccccc3)c3ccccc3)C(C#CCCO)=CS[C@H]12)c1csc(N)n1. The number of hydrogen-bond donors (Lipinski definition) is 3. The van der Waals surface area contributed by atoms with Gasteiger partial charge in [0.05, 0.1) is 6.61 Å². The first kappa shape index (κ1) is 30.8. The lowest BCUT2D eigenvalue weighted by molar-refractivity contribution is -0.165. The van der Waals surface area contributed by atoms with E-state index in [0.717, 1.165) is 22.5 Å². The maximum Gasteiger partial charge on any atom is 0.335 e. The molecule has 5 rings (SSSR count). The molecule has 0 aliphatic carbocycles. The topological polar surface area (TPSA) is 156 Å². The first-order valence-corrected chi connectivity index (χ1v) is 15.5. The van der Waals surface area contributed by atoms with E-state index in [1.807, 2.05) is 60.7 Å². The summed E-state index contributed by atoms with van der Waals surface area (Å²) in [6, 6.07) is 16.5. The minimum atomic E-state index is -1.15. The van der Waals surface area contributed by atoms with Crippen molar-refractivity contribution in [3.63, 3.8) is 0 Å². The van der Waals surface area contributed by atoms with Gasteiger partial charge in [0.15, 0.2) is 23.0 Å². The molecule has 1 fully saturated rings. The number of aliphatic hydroxyl groups is 1. The van der Waals surface area contributed by atoms with Crippen LogP contribution in [0.3, 0.4) is 0 Å². The lowest BCUT2D eigenvalue weighted by Crippen LogP contribution is -2.74. The van der Waals surface area contributed by atoms with Gasteiger partial charge < -0.3 is 30.6 Å². The Morgan fingerprint density at radius 2 is 1.84 bits per heavy atom. The van der Waals surface area contributed by atoms with Crippen LogP contribution >= 0.6 is 23.1 Å². The number of carbonyl (C=O) groups excluding carboxylic acids is 3. The highest BCUT2D eigenvalue weighted by Gasteiger charge is 2.56. The Balaban J connectivity index is 1.41. The number of nitrogens with zero attached hydrogens (tertiary/aromatic N) is 3. The fourth-order valence-electron chi connectivity index (χ4n) is 4.66. The number of nitrogens with two attached hydrogens (primary N) is 1. The molecule has 0 spiro atoms. The molecule has 3 atom stereocenters. The highest BCUT2D eigenvalue weighted by Crippen LogP contribution is 2.41. The molecule has 1 saturated heterocycles. The van der Waals surface area contributed by atoms with E-state index >= 15 is 0 Å². The van der Waals surface area contributed by atoms with Crippen molar-refractivity contribution in [2.24, 2.45) is 5.16 Å². The van der Waals surface area contributed by atoms with Gasteiger partial charge in [-0.25, -0.2) is 9.78 Å². The molecule has 44 heavy (non-hydrogen) atoms. The third-order valence-corrected chi connectivity index (χ3v) is 8.51. The van der Waals surface area contributed by atoms with Crippen LogP contribution in [0.2, 0.25) is 0 Å². The van der Waals surface area contributed by atoms with E-state index in [1.54, 1.807) is 17.7 Å². The molecule has 226 valence electrons. The van der Waals surface area contributed by atoms with E-state index in [-0.39, 0.29) is 36.2 Å². The van der Waals surface area contributed by atoms with Crippen LogP contribution in [0, 0.1) is 11.8 Å². The summed E-state index contributed by atoms with van der Waals surface area (Å²) in [7, 11) is 0. The first-order valence-electron chi connectivity index (χ1n) is 13.7. The Kier molecular flexibility index (Phi) is 9.96. The van der Waals surface area contributed by atoms with E-state index in [1.165, 1.54) is 16.7 Å². The van der Waals surface area contributed by atoms with Crippen molar-refractivity contribution >= 4 is 51.7 Å². The van der Waals surface area contributed by atoms with Gasteiger partial charge in [0.1, 0.15) is 23.7 Å². The number of aromatic nitrogens is 1. The Hall–Kier alpha value is -4.64. The zero-order chi connectivity index (χ0) is 31.1. The summed E-state index contributed by atoms with van der Waals surface area (Å²) < 4.78 is 6.12. The molecule has 1 aromatic heterocycles. The summed E-state index contributed by atoms with van der Waals surface area (Å²) in [5.41, 5.74) is 7.71. The molecule has 2 amide bonds. The molecule has 3 aromatic rings. The minimum Gasteiger partial charge on any atom is -0.451 e. The highest BCUT2D eigenvalue weighted by atomic mass is 32.2. The smallest absolute Gasteiger partial charge is 0.335 e. The molecule has 0 saturated carbocycles. The molecule has 2 aliphatic heterocycles. The lowest BCUT2D eigenvalue weighted by Gasteiger charge is -2.51. The molecular formula is C31H29N5O6S2. The Bertz CT molecular complexity index is 1590. The van der Waals surface area contributed by atoms with Crippen molar-refractivity contribution in [3.8, 4) is 11.8 Å². The zero-order valence-corrected chi connectivity index (χ0v) is 25.2. The second-order valence-electron chi connectivity index (χ2n) is 9.54. The fraction of sp³-hybridized carbons (Fsp3) is 0.258. The number of esters is 1. The predicted octanol–water partition coefficient (Wildman–Crippen LogP) is 2.84. The number of fused-ring (bicyclic) bond motifs is 1. The van der Waals surface area contributed by atoms with Crippen molar-refractivity contribution in [1.29, 1.82) is 0 Å². The van der Waals surface area contributed by atoms with Crippen LogP contribution in [0.15, 0.2) is 82.2 Å². The van der Waals surface area contributed by atoms with Gasteiger partial charge in [-0.15, -0.1) is 23.1 Å². The van der Waals surface area contributed by atoms with Crippen LogP contribution in [0.1, 0.15) is 36.3 Å². The van der Waals surface area contributed by atoms with Gasteiger partial charge in [-0.3, -0.25) is 9.59 Å². The van der Waals surface area contributed by atoms with Gasteiger partial charge in [0.25, 0.3) is 5.91 Å². The number of aliphatic hydroxyl groups excluding tert-OH is 1. The van der Waals surface area contributed by atoms with Crippen LogP contribution in [-0.4, -0.2) is 69.2 Å². The summed E-state index contributed by atoms with van der Waals surface area (Å²) in [6.07, 6.45) is -0.543. The third-order valence-electron chi connectivity index (χ3n) is 6.67. The van der Waals surface area contributed by atoms with Crippen molar-refractivity contribution in [1.82, 2.24) is 15.2 Å². The van der Waals surface area contributed by atoms with Gasteiger partial charge in [0, 0.05) is 17.4 Å². The van der Waals surface area contributed by atoms with Crippen LogP contribution in [0.4, 0.5) is 5.13 Å². The zero-order valence-electron chi connectivity index (χ0n) is 23.6. The number of hydrogen-bond acceptors (Lipinski definition) is 11. The van der Waals surface area contributed by atoms with Crippen molar-refractivity contribution < 1.29 is 29.1 Å². The molecule has 0 radical (unpaired) electrons. The summed E-state index contributed by atoms with van der Waals surface area (Å²) in [5.74, 6) is 3.93. The summed E-state index contributed by atoms with van der Waals surface area (Å²) in [5, 5.41) is 18.7. The quantitative estimate of drug-likeness (QED) is 0.101. The average molecular weight is 632 g/mol. The number of carbonyl (C=O) groups is 3. The lowest BCUT2D eigenvalue weighted by atomic mass is 9.97. The van der Waals surface area contributed by atoms with Crippen molar-refractivity contribution in [3.05, 3.63) is 93.8 Å². The maximum atomic E-state index is 14.0. The van der Waals surface area contributed by atoms with Gasteiger partial charge in [0.2, 0.25) is 5.91 Å². The van der Waals surface area contributed by atoms with Crippen LogP contribution < -0.4 is 11.1 Å². The summed E-state index contributed by atoms with van der Waals surface area (Å²) in [6.45, 7) is 1.78. The van der Waals surface area contributed by atoms with E-state index < -0.39 is 41.3 Å². The number of rotatable bonds is 10. The minimum absolute atomic E-state index is 0.123. The normalized spacial score (nSPS) is 19.2. The van der Waals surface area contributed by atoms with E-state index in [2.05, 4.69) is 27.3 Å². The molecular weight excluding hydrogens is 603 g/mol. The maximum absolute atomic E-state index is 14.0. The van der Waals surface area contributed by atoms with Crippen molar-refractivity contribution in [2.45, 2.75) is 36.9 Å². The Labute approximate surface area is 262 Å². The fourth-order valence-corrected chi connectivity index (χ4v) is 6.38. The molecule has 13 heteroatoms. The molecule has 4 N–H and O–H groups in total. The van der Waals surface area contributed by atoms with E-state index in [4.69, 9.17) is 15.3 Å². The second-order valence-corrected chi connectivity index (χ2v) is 11.4. The molecule has 3 heterocycles. The van der Waals surface area contributed by atoms with E-state index in [0.29, 0.717) is 5.57 Å². The largest absolute Gasteiger partial charge is 0.451 e. The number of nitrogen functional groups attached to an aromatic ring is 1. The standard InChI is InChI=1S/C31H29N5O6S2/c1-2-41-35-23(22-18-44-31(32)33-22)27(38)34-24-28(39)36-25(21(15-9-10-16-37)17-43-29(24)36)30(40)42-26(19-11-5-3-6-12-19)20-13-7-4-8-14-20/h3-8,11-14,17-18,24-26,29,37H,2,10,16H2,1H3,(H2,32,33)(H,34,38)/b35-23-/t24-,25?,29-/m1/s1. The molecule has 2 aromatic carbocycles. The Morgan fingerprint density at radius 1 is 1.16 bits per heavy atom. The second kappa shape index (κ2) is 14.2. The highest BCUT2D eigenvalue weighted by molar-refractivity contribution is 8.03. The number of β-lactam (4-membered cyclic amide) rings is 1. The first-order chi connectivity index (χ1) is 21.4. The predicted molar refractivity (Wildman–Crippen MR) is 167 cm³/mol. The number of ether oxygens (including phenoxy) is 1.